The average molecular weight is 138 g/mol. The third-order valence-corrected chi connectivity index (χ3v) is 3.10. The minimum atomic E-state index is 0.812. The molecule has 1 spiro atoms. The Morgan fingerprint density at radius 2 is 1.80 bits per heavy atom. The van der Waals surface area contributed by atoms with E-state index in [0.717, 1.165) is 5.41 Å². The van der Waals surface area contributed by atoms with E-state index in [-0.39, 0.29) is 0 Å². The lowest BCUT2D eigenvalue weighted by molar-refractivity contribution is 0.370. The maximum atomic E-state index is 3.98. The maximum absolute atomic E-state index is 3.98. The predicted molar refractivity (Wildman–Crippen MR) is 42.4 cm³/mol. The largest absolute Gasteiger partial charge is 0.459 e. The summed E-state index contributed by atoms with van der Waals surface area (Å²) < 4.78 is 0. The van der Waals surface area contributed by atoms with E-state index in [9.17, 15) is 0 Å². The van der Waals surface area contributed by atoms with Gasteiger partial charge >= 0.3 is 0 Å². The Balaban J connectivity index is 1.92. The summed E-state index contributed by atoms with van der Waals surface area (Å²) in [6.45, 7) is 2.46. The van der Waals surface area contributed by atoms with Gasteiger partial charge in [-0.2, -0.15) is 0 Å². The second-order valence-corrected chi connectivity index (χ2v) is 3.97. The Kier molecular flexibility index (Phi) is 1.48. The molecule has 0 radical (unpaired) electrons. The van der Waals surface area contributed by atoms with Crippen molar-refractivity contribution in [1.29, 1.82) is 0 Å². The lowest BCUT2D eigenvalue weighted by Crippen LogP contribution is -2.16. The fourth-order valence-corrected chi connectivity index (χ4v) is 1.99. The summed E-state index contributed by atoms with van der Waals surface area (Å²) in [5, 5.41) is 0. The van der Waals surface area contributed by atoms with Crippen molar-refractivity contribution >= 4 is 0 Å². The Labute approximate surface area is 63.4 Å². The van der Waals surface area contributed by atoms with Crippen molar-refractivity contribution in [3.8, 4) is 0 Å². The highest BCUT2D eigenvalue weighted by Gasteiger charge is 2.41. The third kappa shape index (κ3) is 1.20. The van der Waals surface area contributed by atoms with Crippen LogP contribution in [0.5, 0.6) is 0 Å². The Morgan fingerprint density at radius 3 is 2.50 bits per heavy atom. The molecule has 1 saturated heterocycles. The minimum absolute atomic E-state index is 0.812. The molecule has 1 aliphatic carbocycles. The van der Waals surface area contributed by atoms with Crippen LogP contribution < -0.4 is 0 Å². The van der Waals surface area contributed by atoms with Gasteiger partial charge in [0.1, 0.15) is 0 Å². The normalized spacial score (nSPS) is 32.1. The molecule has 1 nitrogen and oxygen atoms in total. The Morgan fingerprint density at radius 1 is 1.00 bits per heavy atom. The van der Waals surface area contributed by atoms with Gasteiger partial charge in [-0.25, -0.2) is 0 Å². The van der Waals surface area contributed by atoms with Crippen LogP contribution in [-0.4, -0.2) is 18.0 Å². The topological polar surface area (TPSA) is 3.24 Å². The highest BCUT2D eigenvalue weighted by molar-refractivity contribution is 4.94. The zero-order valence-corrected chi connectivity index (χ0v) is 6.60. The summed E-state index contributed by atoms with van der Waals surface area (Å²) >= 11 is 0. The molecule has 0 N–H and O–H groups in total. The van der Waals surface area contributed by atoms with Crippen LogP contribution in [-0.2, 0) is 0 Å². The molecule has 0 aromatic heterocycles. The molecule has 1 aliphatic heterocycles. The number of hydrogen-bond acceptors (Lipinski definition) is 1. The van der Waals surface area contributed by atoms with E-state index >= 15 is 0 Å². The smallest absolute Gasteiger partial charge is 0.0285 e. The van der Waals surface area contributed by atoms with E-state index in [1.54, 1.807) is 0 Å². The molecule has 10 heavy (non-hydrogen) atoms. The molecular formula is C9H16N-. The average Bonchev–Trinajstić information content (AvgIpc) is 2.67. The zero-order chi connectivity index (χ0) is 7.03. The molecule has 2 fully saturated rings. The Bertz CT molecular complexity index is 127. The summed E-state index contributed by atoms with van der Waals surface area (Å²) in [4.78, 5) is 2.23. The first-order chi connectivity index (χ1) is 4.81. The SMILES string of the molecule is [CH2-]N1CCCC2(CC1)CC2. The molecule has 0 atom stereocenters. The molecule has 2 aliphatic rings. The van der Waals surface area contributed by atoms with E-state index in [1.165, 1.54) is 45.2 Å². The van der Waals surface area contributed by atoms with E-state index in [0.29, 0.717) is 0 Å². The van der Waals surface area contributed by atoms with Gasteiger partial charge in [-0.1, -0.05) is 0 Å². The second-order valence-electron chi connectivity index (χ2n) is 3.97. The van der Waals surface area contributed by atoms with Gasteiger partial charge in [0.05, 0.1) is 0 Å². The summed E-state index contributed by atoms with van der Waals surface area (Å²) in [5.74, 6) is 0. The molecule has 0 bridgehead atoms. The van der Waals surface area contributed by atoms with Gasteiger partial charge in [-0.15, -0.1) is 0 Å². The monoisotopic (exact) mass is 138 g/mol. The summed E-state index contributed by atoms with van der Waals surface area (Å²) in [7, 11) is 3.98. The quantitative estimate of drug-likeness (QED) is 0.463. The molecular weight excluding hydrogens is 122 g/mol. The van der Waals surface area contributed by atoms with Crippen LogP contribution in [0.25, 0.3) is 0 Å². The van der Waals surface area contributed by atoms with Crippen LogP contribution in [0.2, 0.25) is 0 Å². The van der Waals surface area contributed by atoms with Crippen LogP contribution in [0.4, 0.5) is 0 Å². The van der Waals surface area contributed by atoms with E-state index in [1.807, 2.05) is 0 Å². The Hall–Kier alpha value is -0.0400. The van der Waals surface area contributed by atoms with Gasteiger partial charge in [-0.3, -0.25) is 7.05 Å². The van der Waals surface area contributed by atoms with Gasteiger partial charge in [0.15, 0.2) is 0 Å². The fraction of sp³-hybridized carbons (Fsp3) is 0.889. The maximum Gasteiger partial charge on any atom is -0.0285 e. The molecule has 0 unspecified atom stereocenters. The molecule has 2 rings (SSSR count). The number of rotatable bonds is 0. The number of likely N-dealkylation sites (tertiary alicyclic amines) is 1. The third-order valence-electron chi connectivity index (χ3n) is 3.10. The lowest BCUT2D eigenvalue weighted by atomic mass is 9.98. The van der Waals surface area contributed by atoms with Gasteiger partial charge in [0, 0.05) is 0 Å². The summed E-state index contributed by atoms with van der Waals surface area (Å²) in [6.07, 6.45) is 7.26. The van der Waals surface area contributed by atoms with Gasteiger partial charge in [0.2, 0.25) is 0 Å². The van der Waals surface area contributed by atoms with Crippen molar-refractivity contribution in [2.75, 3.05) is 13.1 Å². The number of nitrogens with zero attached hydrogens (tertiary/aromatic N) is 1. The molecule has 58 valence electrons. The van der Waals surface area contributed by atoms with Gasteiger partial charge < -0.3 is 4.90 Å². The van der Waals surface area contributed by atoms with Crippen molar-refractivity contribution in [2.45, 2.75) is 32.1 Å². The van der Waals surface area contributed by atoms with Gasteiger partial charge in [-0.05, 0) is 50.6 Å². The van der Waals surface area contributed by atoms with Crippen molar-refractivity contribution in [3.63, 3.8) is 0 Å². The summed E-state index contributed by atoms with van der Waals surface area (Å²) in [6, 6.07) is 0. The second kappa shape index (κ2) is 2.23. The molecule has 1 heteroatoms. The summed E-state index contributed by atoms with van der Waals surface area (Å²) in [5.41, 5.74) is 0.812. The fourth-order valence-electron chi connectivity index (χ4n) is 1.99. The van der Waals surface area contributed by atoms with Crippen molar-refractivity contribution in [3.05, 3.63) is 7.05 Å². The standard InChI is InChI=1S/C9H16N/c1-10-7-2-3-9(4-5-9)6-8-10/h1-8H2/q-1. The minimum Gasteiger partial charge on any atom is -0.459 e. The van der Waals surface area contributed by atoms with Crippen LogP contribution in [0, 0.1) is 12.5 Å². The van der Waals surface area contributed by atoms with E-state index in [4.69, 9.17) is 0 Å². The molecule has 1 saturated carbocycles. The van der Waals surface area contributed by atoms with E-state index in [2.05, 4.69) is 11.9 Å². The van der Waals surface area contributed by atoms with Crippen molar-refractivity contribution in [1.82, 2.24) is 4.90 Å². The lowest BCUT2D eigenvalue weighted by Gasteiger charge is -2.21. The molecule has 0 amide bonds. The predicted octanol–water partition coefficient (Wildman–Crippen LogP) is 2.04. The van der Waals surface area contributed by atoms with E-state index < -0.39 is 0 Å². The van der Waals surface area contributed by atoms with Crippen LogP contribution in [0.1, 0.15) is 32.1 Å². The molecule has 0 aromatic rings. The zero-order valence-electron chi connectivity index (χ0n) is 6.60. The first-order valence-corrected chi connectivity index (χ1v) is 4.36. The first kappa shape index (κ1) is 6.66. The highest BCUT2D eigenvalue weighted by Crippen LogP contribution is 2.53. The van der Waals surface area contributed by atoms with Crippen molar-refractivity contribution < 1.29 is 0 Å². The first-order valence-electron chi connectivity index (χ1n) is 4.36. The van der Waals surface area contributed by atoms with Crippen LogP contribution in [0.15, 0.2) is 0 Å². The molecule has 0 aromatic carbocycles. The van der Waals surface area contributed by atoms with Crippen LogP contribution >= 0.6 is 0 Å². The molecule has 1 heterocycles. The van der Waals surface area contributed by atoms with Crippen LogP contribution in [0.3, 0.4) is 0 Å². The number of hydrogen-bond donors (Lipinski definition) is 0. The van der Waals surface area contributed by atoms with Gasteiger partial charge in [0.25, 0.3) is 0 Å². The highest BCUT2D eigenvalue weighted by atomic mass is 15.1. The van der Waals surface area contributed by atoms with Crippen molar-refractivity contribution in [2.24, 2.45) is 5.41 Å².